The van der Waals surface area contributed by atoms with E-state index in [1.54, 1.807) is 0 Å². The van der Waals surface area contributed by atoms with Gasteiger partial charge >= 0.3 is 0 Å². The van der Waals surface area contributed by atoms with E-state index in [-0.39, 0.29) is 0 Å². The lowest BCUT2D eigenvalue weighted by molar-refractivity contribution is 1.18. The van der Waals surface area contributed by atoms with Crippen LogP contribution >= 0.6 is 11.3 Å². The summed E-state index contributed by atoms with van der Waals surface area (Å²) in [5.74, 6) is 0. The average molecular weight is 719 g/mol. The minimum Gasteiger partial charge on any atom is -0.310 e. The molecule has 0 aliphatic rings. The molecule has 0 aliphatic carbocycles. The fourth-order valence-corrected chi connectivity index (χ4v) is 9.47. The molecule has 11 rings (SSSR count). The molecule has 0 unspecified atom stereocenters. The van der Waals surface area contributed by atoms with Gasteiger partial charge in [0.1, 0.15) is 0 Å². The van der Waals surface area contributed by atoms with Crippen molar-refractivity contribution in [2.75, 3.05) is 4.90 Å². The third kappa shape index (κ3) is 5.32. The van der Waals surface area contributed by atoms with Gasteiger partial charge in [-0.05, 0) is 106 Å². The summed E-state index contributed by atoms with van der Waals surface area (Å²) >= 11 is 1.88. The molecular formula is C52H34N2S. The number of nitrogens with zero attached hydrogens (tertiary/aromatic N) is 2. The van der Waals surface area contributed by atoms with Crippen LogP contribution in [-0.4, -0.2) is 4.57 Å². The van der Waals surface area contributed by atoms with Crippen LogP contribution < -0.4 is 4.90 Å². The number of aromatic nitrogens is 1. The van der Waals surface area contributed by atoms with Gasteiger partial charge in [-0.15, -0.1) is 11.3 Å². The van der Waals surface area contributed by atoms with Crippen LogP contribution in [0.5, 0.6) is 0 Å². The topological polar surface area (TPSA) is 8.17 Å². The minimum absolute atomic E-state index is 1.11. The summed E-state index contributed by atoms with van der Waals surface area (Å²) in [6, 6.07) is 75.1. The van der Waals surface area contributed by atoms with Crippen molar-refractivity contribution in [3.63, 3.8) is 0 Å². The fourth-order valence-electron chi connectivity index (χ4n) is 8.36. The van der Waals surface area contributed by atoms with E-state index in [4.69, 9.17) is 0 Å². The highest BCUT2D eigenvalue weighted by Gasteiger charge is 2.21. The first-order chi connectivity index (χ1) is 27.3. The lowest BCUT2D eigenvalue weighted by Gasteiger charge is -2.26. The number of hydrogen-bond acceptors (Lipinski definition) is 2. The van der Waals surface area contributed by atoms with Gasteiger partial charge in [-0.25, -0.2) is 0 Å². The minimum atomic E-state index is 1.11. The van der Waals surface area contributed by atoms with E-state index in [9.17, 15) is 0 Å². The van der Waals surface area contributed by atoms with E-state index in [0.717, 1.165) is 22.7 Å². The molecule has 2 aromatic heterocycles. The molecule has 0 saturated heterocycles. The summed E-state index contributed by atoms with van der Waals surface area (Å²) in [5, 5.41) is 7.64. The van der Waals surface area contributed by atoms with Gasteiger partial charge in [-0.3, -0.25) is 0 Å². The largest absolute Gasteiger partial charge is 0.310 e. The molecule has 0 bridgehead atoms. The summed E-state index contributed by atoms with van der Waals surface area (Å²) < 4.78 is 5.08. The van der Waals surface area contributed by atoms with Gasteiger partial charge in [0.2, 0.25) is 0 Å². The number of anilines is 3. The van der Waals surface area contributed by atoms with Crippen molar-refractivity contribution in [3.8, 4) is 27.9 Å². The van der Waals surface area contributed by atoms with Crippen LogP contribution in [0.25, 0.3) is 80.7 Å². The van der Waals surface area contributed by atoms with Crippen LogP contribution in [0.15, 0.2) is 206 Å². The van der Waals surface area contributed by atoms with Crippen molar-refractivity contribution < 1.29 is 0 Å². The van der Waals surface area contributed by atoms with Crippen molar-refractivity contribution in [2.24, 2.45) is 0 Å². The molecule has 3 heteroatoms. The molecule has 0 atom stereocenters. The molecule has 0 amide bonds. The van der Waals surface area contributed by atoms with Crippen LogP contribution in [0, 0.1) is 0 Å². The lowest BCUT2D eigenvalue weighted by Crippen LogP contribution is -2.10. The molecule has 0 fully saturated rings. The summed E-state index contributed by atoms with van der Waals surface area (Å²) in [4.78, 5) is 2.40. The van der Waals surface area contributed by atoms with Crippen LogP contribution in [-0.2, 0) is 0 Å². The predicted molar refractivity (Wildman–Crippen MR) is 237 cm³/mol. The van der Waals surface area contributed by atoms with Crippen molar-refractivity contribution in [2.45, 2.75) is 0 Å². The molecule has 0 N–H and O–H groups in total. The zero-order chi connectivity index (χ0) is 36.3. The first-order valence-electron chi connectivity index (χ1n) is 18.8. The Balaban J connectivity index is 1.16. The van der Waals surface area contributed by atoms with E-state index in [0.29, 0.717) is 0 Å². The van der Waals surface area contributed by atoms with Crippen molar-refractivity contribution >= 4 is 81.1 Å². The second-order valence-corrected chi connectivity index (χ2v) is 15.2. The standard InChI is InChI=1S/C52H34N2S/c1-3-11-35(12-4-1)38-19-24-41(25-20-38)53(42-26-21-39(22-27-42)36-13-5-2-6-14-36)44-29-30-47-46(34-44)51-48(31-32-50-52(51)45-17-9-10-18-49(45)55-50)54(47)43-28-23-37-15-7-8-16-40(37)33-43/h1-34H. The Morgan fingerprint density at radius 2 is 0.909 bits per heavy atom. The molecule has 0 aliphatic heterocycles. The SMILES string of the molecule is c1ccc(-c2ccc(N(c3ccc(-c4ccccc4)cc3)c3ccc4c(c3)c3c5c(ccc3n4-c3ccc4ccccc4c3)sc3ccccc35)cc2)cc1. The van der Waals surface area contributed by atoms with Crippen LogP contribution in [0.3, 0.4) is 0 Å². The highest BCUT2D eigenvalue weighted by molar-refractivity contribution is 7.26. The smallest absolute Gasteiger partial charge is 0.0548 e. The predicted octanol–water partition coefficient (Wildman–Crippen LogP) is 15.1. The van der Waals surface area contributed by atoms with E-state index in [2.05, 4.69) is 216 Å². The monoisotopic (exact) mass is 718 g/mol. The van der Waals surface area contributed by atoms with E-state index in [1.165, 1.54) is 75.0 Å². The quantitative estimate of drug-likeness (QED) is 0.166. The maximum absolute atomic E-state index is 2.46. The number of fused-ring (bicyclic) bond motifs is 8. The fraction of sp³-hybridized carbons (Fsp3) is 0. The summed E-state index contributed by atoms with van der Waals surface area (Å²) in [7, 11) is 0. The molecule has 0 saturated carbocycles. The number of thiophene rings is 1. The number of benzene rings is 9. The third-order valence-electron chi connectivity index (χ3n) is 11.0. The zero-order valence-corrected chi connectivity index (χ0v) is 30.7. The third-order valence-corrected chi connectivity index (χ3v) is 12.1. The van der Waals surface area contributed by atoms with Gasteiger partial charge in [-0.2, -0.15) is 0 Å². The Labute approximate surface area is 323 Å². The van der Waals surface area contributed by atoms with E-state index in [1.807, 2.05) is 11.3 Å². The zero-order valence-electron chi connectivity index (χ0n) is 29.9. The van der Waals surface area contributed by atoms with Crippen molar-refractivity contribution in [1.29, 1.82) is 0 Å². The molecule has 9 aromatic carbocycles. The Morgan fingerprint density at radius 1 is 0.345 bits per heavy atom. The Kier molecular flexibility index (Phi) is 7.39. The van der Waals surface area contributed by atoms with Gasteiger partial charge in [0.25, 0.3) is 0 Å². The highest BCUT2D eigenvalue weighted by Crippen LogP contribution is 2.46. The number of hydrogen-bond donors (Lipinski definition) is 0. The highest BCUT2D eigenvalue weighted by atomic mass is 32.1. The maximum Gasteiger partial charge on any atom is 0.0548 e. The lowest BCUT2D eigenvalue weighted by atomic mass is 10.0. The van der Waals surface area contributed by atoms with Gasteiger partial charge in [-0.1, -0.05) is 133 Å². The molecule has 2 heterocycles. The molecule has 0 spiro atoms. The molecule has 11 aromatic rings. The molecule has 258 valence electrons. The summed E-state index contributed by atoms with van der Waals surface area (Å²) in [6.07, 6.45) is 0. The number of rotatable bonds is 6. The summed E-state index contributed by atoms with van der Waals surface area (Å²) in [5.41, 5.74) is 11.7. The second-order valence-electron chi connectivity index (χ2n) is 14.2. The van der Waals surface area contributed by atoms with Gasteiger partial charge in [0.15, 0.2) is 0 Å². The van der Waals surface area contributed by atoms with Crippen LogP contribution in [0.1, 0.15) is 0 Å². The van der Waals surface area contributed by atoms with Gasteiger partial charge in [0.05, 0.1) is 11.0 Å². The Hall–Kier alpha value is -6.94. The average Bonchev–Trinajstić information content (AvgIpc) is 3.80. The second kappa shape index (κ2) is 12.9. The molecular weight excluding hydrogens is 685 g/mol. The molecule has 0 radical (unpaired) electrons. The van der Waals surface area contributed by atoms with E-state index < -0.39 is 0 Å². The first-order valence-corrected chi connectivity index (χ1v) is 19.6. The molecule has 55 heavy (non-hydrogen) atoms. The van der Waals surface area contributed by atoms with Crippen molar-refractivity contribution in [1.82, 2.24) is 4.57 Å². The maximum atomic E-state index is 2.46. The Morgan fingerprint density at radius 3 is 1.60 bits per heavy atom. The Bertz CT molecular complexity index is 3090. The van der Waals surface area contributed by atoms with Crippen LogP contribution in [0.4, 0.5) is 17.1 Å². The van der Waals surface area contributed by atoms with Crippen LogP contribution in [0.2, 0.25) is 0 Å². The first kappa shape index (κ1) is 31.6. The normalized spacial score (nSPS) is 11.6. The van der Waals surface area contributed by atoms with Gasteiger partial charge < -0.3 is 9.47 Å². The van der Waals surface area contributed by atoms with Gasteiger partial charge in [0, 0.05) is 53.7 Å². The van der Waals surface area contributed by atoms with Crippen molar-refractivity contribution in [3.05, 3.63) is 206 Å². The summed E-state index contributed by atoms with van der Waals surface area (Å²) in [6.45, 7) is 0. The molecule has 2 nitrogen and oxygen atoms in total. The van der Waals surface area contributed by atoms with E-state index >= 15 is 0 Å².